The maximum atomic E-state index is 12.7. The third kappa shape index (κ3) is 6.07. The molecule has 0 saturated heterocycles. The summed E-state index contributed by atoms with van der Waals surface area (Å²) in [6, 6.07) is 18.1. The SMILES string of the molecule is COc1cc(/C=C(\C#N)C(=O)Nc2cccc(C)c2C)cc(Cl)c1OCc1cccc(Cl)c1. The minimum atomic E-state index is -0.512. The van der Waals surface area contributed by atoms with E-state index in [1.54, 1.807) is 30.3 Å². The molecule has 3 aromatic carbocycles. The second-order valence-electron chi connectivity index (χ2n) is 7.32. The van der Waals surface area contributed by atoms with Crippen molar-refractivity contribution in [2.75, 3.05) is 12.4 Å². The van der Waals surface area contributed by atoms with Crippen LogP contribution in [0, 0.1) is 25.2 Å². The minimum absolute atomic E-state index is 0.0679. The monoisotopic (exact) mass is 480 g/mol. The molecule has 1 N–H and O–H groups in total. The second-order valence-corrected chi connectivity index (χ2v) is 8.17. The molecule has 0 atom stereocenters. The number of hydrogen-bond donors (Lipinski definition) is 1. The summed E-state index contributed by atoms with van der Waals surface area (Å²) in [5.74, 6) is 0.222. The predicted molar refractivity (Wildman–Crippen MR) is 132 cm³/mol. The number of rotatable bonds is 7. The highest BCUT2D eigenvalue weighted by molar-refractivity contribution is 6.32. The number of amides is 1. The Bertz CT molecular complexity index is 1260. The van der Waals surface area contributed by atoms with E-state index in [1.165, 1.54) is 13.2 Å². The average molecular weight is 481 g/mol. The van der Waals surface area contributed by atoms with Gasteiger partial charge >= 0.3 is 0 Å². The van der Waals surface area contributed by atoms with Gasteiger partial charge in [-0.3, -0.25) is 4.79 Å². The van der Waals surface area contributed by atoms with Crippen LogP contribution >= 0.6 is 23.2 Å². The molecule has 3 aromatic rings. The highest BCUT2D eigenvalue weighted by Gasteiger charge is 2.15. The molecule has 0 bridgehead atoms. The minimum Gasteiger partial charge on any atom is -0.493 e. The van der Waals surface area contributed by atoms with Gasteiger partial charge in [0.15, 0.2) is 11.5 Å². The van der Waals surface area contributed by atoms with Crippen LogP contribution in [0.25, 0.3) is 6.08 Å². The fourth-order valence-corrected chi connectivity index (χ4v) is 3.62. The Labute approximate surface area is 203 Å². The van der Waals surface area contributed by atoms with E-state index in [0.29, 0.717) is 27.8 Å². The molecule has 5 nitrogen and oxygen atoms in total. The Morgan fingerprint density at radius 2 is 1.88 bits per heavy atom. The molecule has 1 amide bonds. The van der Waals surface area contributed by atoms with E-state index in [0.717, 1.165) is 16.7 Å². The summed E-state index contributed by atoms with van der Waals surface area (Å²) in [6.45, 7) is 4.11. The molecule has 0 aliphatic heterocycles. The number of nitriles is 1. The smallest absolute Gasteiger partial charge is 0.266 e. The van der Waals surface area contributed by atoms with E-state index in [-0.39, 0.29) is 17.2 Å². The van der Waals surface area contributed by atoms with Crippen molar-refractivity contribution >= 4 is 40.9 Å². The van der Waals surface area contributed by atoms with Crippen molar-refractivity contribution in [3.8, 4) is 17.6 Å². The van der Waals surface area contributed by atoms with Crippen LogP contribution in [-0.4, -0.2) is 13.0 Å². The topological polar surface area (TPSA) is 71.3 Å². The summed E-state index contributed by atoms with van der Waals surface area (Å²) in [7, 11) is 1.49. The standard InChI is InChI=1S/C26H22Cl2N2O3/c1-16-6-4-9-23(17(16)2)30-26(31)20(14-29)10-19-12-22(28)25(24(13-19)32-3)33-15-18-7-5-8-21(27)11-18/h4-13H,15H2,1-3H3,(H,30,31)/b20-10+. The third-order valence-corrected chi connectivity index (χ3v) is 5.57. The van der Waals surface area contributed by atoms with Gasteiger partial charge in [0.25, 0.3) is 5.91 Å². The van der Waals surface area contributed by atoms with Gasteiger partial charge in [0.2, 0.25) is 0 Å². The molecule has 0 spiro atoms. The fourth-order valence-electron chi connectivity index (χ4n) is 3.14. The van der Waals surface area contributed by atoms with Crippen LogP contribution < -0.4 is 14.8 Å². The number of ether oxygens (including phenoxy) is 2. The van der Waals surface area contributed by atoms with Crippen molar-refractivity contribution in [3.05, 3.63) is 92.5 Å². The van der Waals surface area contributed by atoms with Crippen LogP contribution in [0.3, 0.4) is 0 Å². The van der Waals surface area contributed by atoms with Crippen molar-refractivity contribution < 1.29 is 14.3 Å². The van der Waals surface area contributed by atoms with E-state index in [1.807, 2.05) is 44.2 Å². The number of methoxy groups -OCH3 is 1. The lowest BCUT2D eigenvalue weighted by atomic mass is 10.1. The molecule has 0 saturated carbocycles. The van der Waals surface area contributed by atoms with Crippen LogP contribution in [-0.2, 0) is 11.4 Å². The summed E-state index contributed by atoms with van der Waals surface area (Å²) >= 11 is 12.5. The number of benzene rings is 3. The lowest BCUT2D eigenvalue weighted by Crippen LogP contribution is -2.14. The van der Waals surface area contributed by atoms with E-state index < -0.39 is 5.91 Å². The van der Waals surface area contributed by atoms with Crippen LogP contribution in [0.4, 0.5) is 5.69 Å². The second kappa shape index (κ2) is 10.9. The third-order valence-electron chi connectivity index (χ3n) is 5.05. The lowest BCUT2D eigenvalue weighted by molar-refractivity contribution is -0.112. The Balaban J connectivity index is 1.84. The largest absolute Gasteiger partial charge is 0.493 e. The van der Waals surface area contributed by atoms with Crippen LogP contribution in [0.5, 0.6) is 11.5 Å². The molecule has 0 unspecified atom stereocenters. The molecule has 0 aliphatic rings. The number of nitrogens with one attached hydrogen (secondary N) is 1. The number of nitrogens with zero attached hydrogens (tertiary/aromatic N) is 1. The number of aryl methyl sites for hydroxylation is 1. The molecule has 0 heterocycles. The molecule has 0 aliphatic carbocycles. The average Bonchev–Trinajstić information content (AvgIpc) is 2.79. The zero-order valence-electron chi connectivity index (χ0n) is 18.4. The molecule has 7 heteroatoms. The van der Waals surface area contributed by atoms with E-state index >= 15 is 0 Å². The molecule has 3 rings (SSSR count). The van der Waals surface area contributed by atoms with Gasteiger partial charge in [-0.1, -0.05) is 47.5 Å². The van der Waals surface area contributed by atoms with Gasteiger partial charge in [0, 0.05) is 10.7 Å². The molecular formula is C26H22Cl2N2O3. The van der Waals surface area contributed by atoms with Gasteiger partial charge in [0.1, 0.15) is 18.2 Å². The van der Waals surface area contributed by atoms with E-state index in [9.17, 15) is 10.1 Å². The number of halogens is 2. The zero-order chi connectivity index (χ0) is 24.0. The lowest BCUT2D eigenvalue weighted by Gasteiger charge is -2.14. The zero-order valence-corrected chi connectivity index (χ0v) is 19.9. The molecule has 0 fully saturated rings. The first-order valence-electron chi connectivity index (χ1n) is 10.1. The molecule has 33 heavy (non-hydrogen) atoms. The van der Waals surface area contributed by atoms with Crippen LogP contribution in [0.15, 0.2) is 60.2 Å². The molecule has 0 aromatic heterocycles. The number of anilines is 1. The van der Waals surface area contributed by atoms with Crippen molar-refractivity contribution in [3.63, 3.8) is 0 Å². The van der Waals surface area contributed by atoms with Crippen molar-refractivity contribution in [1.82, 2.24) is 0 Å². The summed E-state index contributed by atoms with van der Waals surface area (Å²) in [6.07, 6.45) is 1.45. The van der Waals surface area contributed by atoms with Gasteiger partial charge < -0.3 is 14.8 Å². The summed E-state index contributed by atoms with van der Waals surface area (Å²) in [5, 5.41) is 13.3. The van der Waals surface area contributed by atoms with Gasteiger partial charge in [-0.25, -0.2) is 0 Å². The normalized spacial score (nSPS) is 11.0. The Kier molecular flexibility index (Phi) is 8.00. The molecule has 168 valence electrons. The molecule has 0 radical (unpaired) electrons. The fraction of sp³-hybridized carbons (Fsp3) is 0.154. The summed E-state index contributed by atoms with van der Waals surface area (Å²) in [4.78, 5) is 12.7. The first-order chi connectivity index (χ1) is 15.8. The first kappa shape index (κ1) is 24.2. The predicted octanol–water partition coefficient (Wildman–Crippen LogP) is 6.74. The number of carbonyl (C=O) groups is 1. The molecular weight excluding hydrogens is 459 g/mol. The van der Waals surface area contributed by atoms with Crippen molar-refractivity contribution in [1.29, 1.82) is 5.26 Å². The van der Waals surface area contributed by atoms with E-state index in [2.05, 4.69) is 5.32 Å². The van der Waals surface area contributed by atoms with Gasteiger partial charge in [0.05, 0.1) is 12.1 Å². The number of hydrogen-bond acceptors (Lipinski definition) is 4. The summed E-state index contributed by atoms with van der Waals surface area (Å²) in [5.41, 5.74) is 3.97. The highest BCUT2D eigenvalue weighted by atomic mass is 35.5. The Hall–Kier alpha value is -3.46. The summed E-state index contributed by atoms with van der Waals surface area (Å²) < 4.78 is 11.3. The van der Waals surface area contributed by atoms with Gasteiger partial charge in [-0.2, -0.15) is 5.26 Å². The van der Waals surface area contributed by atoms with E-state index in [4.69, 9.17) is 32.7 Å². The quantitative estimate of drug-likeness (QED) is 0.300. The van der Waals surface area contributed by atoms with Gasteiger partial charge in [-0.15, -0.1) is 0 Å². The Morgan fingerprint density at radius 3 is 2.58 bits per heavy atom. The van der Waals surface area contributed by atoms with Crippen molar-refractivity contribution in [2.24, 2.45) is 0 Å². The number of carbonyl (C=O) groups excluding carboxylic acids is 1. The van der Waals surface area contributed by atoms with Gasteiger partial charge in [-0.05, 0) is 72.5 Å². The van der Waals surface area contributed by atoms with Crippen molar-refractivity contribution in [2.45, 2.75) is 20.5 Å². The van der Waals surface area contributed by atoms with Crippen LogP contribution in [0.1, 0.15) is 22.3 Å². The Morgan fingerprint density at radius 1 is 1.12 bits per heavy atom. The first-order valence-corrected chi connectivity index (χ1v) is 10.8. The van der Waals surface area contributed by atoms with Crippen LogP contribution in [0.2, 0.25) is 10.0 Å². The highest BCUT2D eigenvalue weighted by Crippen LogP contribution is 2.37. The maximum Gasteiger partial charge on any atom is 0.266 e. The maximum absolute atomic E-state index is 12.7.